The molecule has 0 radical (unpaired) electrons. The lowest BCUT2D eigenvalue weighted by Gasteiger charge is -2.19. The van der Waals surface area contributed by atoms with Gasteiger partial charge in [-0.2, -0.15) is 0 Å². The fourth-order valence-electron chi connectivity index (χ4n) is 9.42. The molecule has 4 heteroatoms. The highest BCUT2D eigenvalue weighted by molar-refractivity contribution is 5.76. The van der Waals surface area contributed by atoms with E-state index < -0.39 is 12.1 Å². The summed E-state index contributed by atoms with van der Waals surface area (Å²) in [6.07, 6.45) is 104. The second-order valence-electron chi connectivity index (χ2n) is 21.8. The first-order valence-electron chi connectivity index (χ1n) is 32.9. The van der Waals surface area contributed by atoms with Crippen LogP contribution in [0.15, 0.2) is 134 Å². The van der Waals surface area contributed by atoms with Crippen molar-refractivity contribution in [2.45, 2.75) is 315 Å². The number of carbonyl (C=O) groups excluding carboxylic acids is 1. The van der Waals surface area contributed by atoms with E-state index in [1.54, 1.807) is 6.08 Å². The average Bonchev–Trinajstić information content (AvgIpc) is 3.43. The van der Waals surface area contributed by atoms with Gasteiger partial charge in [0.25, 0.3) is 0 Å². The first kappa shape index (κ1) is 73.5. The third-order valence-corrected chi connectivity index (χ3v) is 14.4. The molecule has 0 aliphatic rings. The van der Waals surface area contributed by atoms with Crippen LogP contribution in [0.1, 0.15) is 303 Å². The number of unbranched alkanes of at least 4 members (excludes halogenated alkanes) is 32. The van der Waals surface area contributed by atoms with Gasteiger partial charge in [0.2, 0.25) is 5.91 Å². The Hall–Kier alpha value is -3.47. The number of carbonyl (C=O) groups is 1. The molecule has 1 amide bonds. The van der Waals surface area contributed by atoms with Crippen molar-refractivity contribution < 1.29 is 15.0 Å². The maximum atomic E-state index is 12.5. The summed E-state index contributed by atoms with van der Waals surface area (Å²) >= 11 is 0. The number of aliphatic hydroxyl groups excluding tert-OH is 2. The van der Waals surface area contributed by atoms with Crippen molar-refractivity contribution in [2.24, 2.45) is 0 Å². The number of nitrogens with one attached hydrogen (secondary N) is 1. The van der Waals surface area contributed by atoms with E-state index >= 15 is 0 Å². The summed E-state index contributed by atoms with van der Waals surface area (Å²) in [5.41, 5.74) is 0. The van der Waals surface area contributed by atoms with Crippen LogP contribution in [-0.4, -0.2) is 34.9 Å². The van der Waals surface area contributed by atoms with E-state index in [1.807, 2.05) is 6.08 Å². The predicted molar refractivity (Wildman–Crippen MR) is 345 cm³/mol. The highest BCUT2D eigenvalue weighted by Crippen LogP contribution is 2.17. The lowest BCUT2D eigenvalue weighted by molar-refractivity contribution is -0.123. The minimum atomic E-state index is -0.873. The molecule has 0 aromatic heterocycles. The van der Waals surface area contributed by atoms with E-state index in [9.17, 15) is 15.0 Å². The molecule has 440 valence electrons. The van der Waals surface area contributed by atoms with Crippen LogP contribution in [0.4, 0.5) is 0 Å². The second-order valence-corrected chi connectivity index (χ2v) is 21.8. The fraction of sp³-hybridized carbons (Fsp3) is 0.685. The predicted octanol–water partition coefficient (Wildman–Crippen LogP) is 22.5. The quantitative estimate of drug-likeness (QED) is 0.0420. The summed E-state index contributed by atoms with van der Waals surface area (Å²) in [7, 11) is 0. The molecule has 0 rings (SSSR count). The Morgan fingerprint density at radius 2 is 0.584 bits per heavy atom. The smallest absolute Gasteiger partial charge is 0.220 e. The first-order chi connectivity index (χ1) is 38.2. The largest absolute Gasteiger partial charge is 0.394 e. The Bertz CT molecular complexity index is 1540. The van der Waals surface area contributed by atoms with Crippen molar-refractivity contribution in [3.8, 4) is 0 Å². The SMILES string of the molecule is CC/C=C\C/C=C\C/C=C\C/C=C\C/C=C\C/C=C\C/C=C\C/C=C\C/C=C\CCCCCCCCCCCCCC(=O)NC(CO)C(O)/C=C/CC/C=C/CCCCCCCCCCCCCCCCCCCCCC. The van der Waals surface area contributed by atoms with Crippen molar-refractivity contribution in [1.29, 1.82) is 0 Å². The topological polar surface area (TPSA) is 69.6 Å². The molecule has 77 heavy (non-hydrogen) atoms. The molecule has 0 saturated carbocycles. The Kier molecular flexibility index (Phi) is 63.8. The molecule has 0 saturated heterocycles. The van der Waals surface area contributed by atoms with Gasteiger partial charge >= 0.3 is 0 Å². The zero-order chi connectivity index (χ0) is 55.5. The maximum absolute atomic E-state index is 12.5. The zero-order valence-corrected chi connectivity index (χ0v) is 50.7. The van der Waals surface area contributed by atoms with Crippen LogP contribution in [0.3, 0.4) is 0 Å². The van der Waals surface area contributed by atoms with Crippen molar-refractivity contribution in [2.75, 3.05) is 6.61 Å². The Morgan fingerprint density at radius 3 is 0.909 bits per heavy atom. The van der Waals surface area contributed by atoms with Crippen LogP contribution in [0.25, 0.3) is 0 Å². The number of amides is 1. The Morgan fingerprint density at radius 1 is 0.325 bits per heavy atom. The van der Waals surface area contributed by atoms with E-state index in [0.717, 1.165) is 89.9 Å². The van der Waals surface area contributed by atoms with E-state index in [4.69, 9.17) is 0 Å². The van der Waals surface area contributed by atoms with Crippen molar-refractivity contribution >= 4 is 5.91 Å². The van der Waals surface area contributed by atoms with Crippen LogP contribution in [0.2, 0.25) is 0 Å². The molecule has 4 nitrogen and oxygen atoms in total. The van der Waals surface area contributed by atoms with Crippen LogP contribution >= 0.6 is 0 Å². The molecule has 0 fully saturated rings. The molecule has 0 spiro atoms. The van der Waals surface area contributed by atoms with Gasteiger partial charge in [-0.25, -0.2) is 0 Å². The summed E-state index contributed by atoms with van der Waals surface area (Å²) in [5, 5.41) is 23.2. The molecule has 0 bridgehead atoms. The summed E-state index contributed by atoms with van der Waals surface area (Å²) in [6.45, 7) is 4.20. The molecule has 0 aliphatic heterocycles. The fourth-order valence-corrected chi connectivity index (χ4v) is 9.42. The summed E-state index contributed by atoms with van der Waals surface area (Å²) in [5.74, 6) is -0.0795. The number of hydrogen-bond acceptors (Lipinski definition) is 3. The van der Waals surface area contributed by atoms with Gasteiger partial charge in [-0.1, -0.05) is 327 Å². The minimum Gasteiger partial charge on any atom is -0.394 e. The van der Waals surface area contributed by atoms with Crippen molar-refractivity contribution in [1.82, 2.24) is 5.32 Å². The van der Waals surface area contributed by atoms with Gasteiger partial charge in [0.15, 0.2) is 0 Å². The van der Waals surface area contributed by atoms with E-state index in [-0.39, 0.29) is 12.5 Å². The summed E-state index contributed by atoms with van der Waals surface area (Å²) in [4.78, 5) is 12.5. The summed E-state index contributed by atoms with van der Waals surface area (Å²) in [6, 6.07) is -0.651. The molecule has 0 aliphatic carbocycles. The monoisotopic (exact) mass is 1060 g/mol. The third kappa shape index (κ3) is 63.2. The van der Waals surface area contributed by atoms with E-state index in [0.29, 0.717) is 6.42 Å². The van der Waals surface area contributed by atoms with Gasteiger partial charge in [0.1, 0.15) is 0 Å². The van der Waals surface area contributed by atoms with Crippen molar-refractivity contribution in [3.05, 3.63) is 134 Å². The standard InChI is InChI=1S/C73H125NO3/c1-3-5-7-9-11-13-15-17-19-21-23-25-27-29-31-32-33-34-35-36-37-38-39-40-41-42-43-45-47-49-51-53-55-57-59-61-63-65-67-69-73(77)74-71(70-75)72(76)68-66-64-62-60-58-56-54-52-50-48-46-44-30-28-26-24-22-20-18-16-14-12-10-8-6-4-2/h5,7,11,13,17,19,23,25,29,31,33-34,36-37,39-40,42-43,58,60,66,68,71-72,75-76H,3-4,6,8-10,12,14-16,18,20-22,24,26-28,30,32,35,38,41,44-57,59,61-65,67,69-70H2,1-2H3,(H,74,77)/b7-5-,13-11-,19-17-,25-23-,31-29-,34-33-,37-36-,40-39-,43-42-,60-58+,68-66+. The Labute approximate surface area is 479 Å². The van der Waals surface area contributed by atoms with Crippen molar-refractivity contribution in [3.63, 3.8) is 0 Å². The van der Waals surface area contributed by atoms with Crippen LogP contribution in [-0.2, 0) is 4.79 Å². The minimum absolute atomic E-state index is 0.0795. The maximum Gasteiger partial charge on any atom is 0.220 e. The van der Waals surface area contributed by atoms with Crippen LogP contribution in [0, 0.1) is 0 Å². The molecule has 0 aromatic carbocycles. The Balaban J connectivity index is 3.59. The van der Waals surface area contributed by atoms with E-state index in [1.165, 1.54) is 193 Å². The molecule has 2 atom stereocenters. The molecule has 0 heterocycles. The second kappa shape index (κ2) is 66.8. The highest BCUT2D eigenvalue weighted by Gasteiger charge is 2.18. The third-order valence-electron chi connectivity index (χ3n) is 14.4. The van der Waals surface area contributed by atoms with Gasteiger partial charge < -0.3 is 15.5 Å². The molecular formula is C73H125NO3. The van der Waals surface area contributed by atoms with Gasteiger partial charge in [-0.3, -0.25) is 4.79 Å². The molecule has 0 aromatic rings. The molecule has 3 N–H and O–H groups in total. The van der Waals surface area contributed by atoms with Gasteiger partial charge in [-0.05, 0) is 103 Å². The van der Waals surface area contributed by atoms with Gasteiger partial charge in [-0.15, -0.1) is 0 Å². The first-order valence-corrected chi connectivity index (χ1v) is 32.9. The average molecular weight is 1060 g/mol. The lowest BCUT2D eigenvalue weighted by Crippen LogP contribution is -2.45. The number of aliphatic hydroxyl groups is 2. The van der Waals surface area contributed by atoms with Gasteiger partial charge in [0.05, 0.1) is 18.8 Å². The normalized spacial score (nSPS) is 13.7. The number of hydrogen-bond donors (Lipinski definition) is 3. The highest BCUT2D eigenvalue weighted by atomic mass is 16.3. The molecule has 2 unspecified atom stereocenters. The van der Waals surface area contributed by atoms with Gasteiger partial charge in [0, 0.05) is 6.42 Å². The zero-order valence-electron chi connectivity index (χ0n) is 50.7. The van der Waals surface area contributed by atoms with Crippen LogP contribution in [0.5, 0.6) is 0 Å². The number of rotatable bonds is 59. The molecular weight excluding hydrogens is 939 g/mol. The lowest BCUT2D eigenvalue weighted by atomic mass is 10.0. The van der Waals surface area contributed by atoms with Crippen LogP contribution < -0.4 is 5.32 Å². The van der Waals surface area contributed by atoms with E-state index in [2.05, 4.69) is 141 Å². The summed E-state index contributed by atoms with van der Waals surface area (Å²) < 4.78 is 0. The number of allylic oxidation sites excluding steroid dienone is 21.